The van der Waals surface area contributed by atoms with E-state index in [0.29, 0.717) is 6.04 Å². The molecule has 0 unspecified atom stereocenters. The number of hydrogen-bond donors (Lipinski definition) is 1. The summed E-state index contributed by atoms with van der Waals surface area (Å²) in [6.45, 7) is 8.53. The molecule has 1 N–H and O–H groups in total. The summed E-state index contributed by atoms with van der Waals surface area (Å²) in [7, 11) is 0. The molecule has 92 valence electrons. The van der Waals surface area contributed by atoms with Gasteiger partial charge < -0.3 is 9.88 Å². The van der Waals surface area contributed by atoms with Gasteiger partial charge in [0.15, 0.2) is 0 Å². The van der Waals surface area contributed by atoms with Crippen LogP contribution in [0.15, 0.2) is 28.7 Å². The molecule has 0 atom stereocenters. The highest BCUT2D eigenvalue weighted by molar-refractivity contribution is 9.10. The molecule has 0 aliphatic heterocycles. The smallest absolute Gasteiger partial charge is 0.0629 e. The first-order chi connectivity index (χ1) is 8.15. The van der Waals surface area contributed by atoms with Gasteiger partial charge in [-0.15, -0.1) is 0 Å². The van der Waals surface area contributed by atoms with E-state index in [2.05, 4.69) is 70.9 Å². The number of benzene rings is 1. The molecule has 2 nitrogen and oxygen atoms in total. The zero-order valence-corrected chi connectivity index (χ0v) is 12.2. The molecule has 0 amide bonds. The fraction of sp³-hybridized carbons (Fsp3) is 0.429. The highest BCUT2D eigenvalue weighted by atomic mass is 79.9. The molecule has 3 heteroatoms. The molecule has 0 spiro atoms. The van der Waals surface area contributed by atoms with Crippen LogP contribution in [0.1, 0.15) is 32.5 Å². The quantitative estimate of drug-likeness (QED) is 0.898. The monoisotopic (exact) mass is 294 g/mol. The largest absolute Gasteiger partial charge is 0.340 e. The molecule has 0 aliphatic rings. The highest BCUT2D eigenvalue weighted by Gasteiger charge is 2.12. The zero-order valence-electron chi connectivity index (χ0n) is 10.6. The second-order valence-electron chi connectivity index (χ2n) is 4.56. The number of halogens is 1. The third-order valence-electron chi connectivity index (χ3n) is 2.96. The first-order valence-corrected chi connectivity index (χ1v) is 6.93. The topological polar surface area (TPSA) is 17.0 Å². The number of aromatic nitrogens is 1. The van der Waals surface area contributed by atoms with Gasteiger partial charge in [-0.3, -0.25) is 0 Å². The maximum Gasteiger partial charge on any atom is 0.0629 e. The Morgan fingerprint density at radius 2 is 2.12 bits per heavy atom. The van der Waals surface area contributed by atoms with Gasteiger partial charge in [0.2, 0.25) is 0 Å². The highest BCUT2D eigenvalue weighted by Crippen LogP contribution is 2.30. The van der Waals surface area contributed by atoms with Crippen molar-refractivity contribution in [2.45, 2.75) is 33.4 Å². The number of para-hydroxylation sites is 1. The predicted octanol–water partition coefficient (Wildman–Crippen LogP) is 4.09. The van der Waals surface area contributed by atoms with Crippen molar-refractivity contribution in [3.8, 4) is 0 Å². The molecule has 17 heavy (non-hydrogen) atoms. The maximum atomic E-state index is 3.66. The lowest BCUT2D eigenvalue weighted by atomic mass is 10.2. The van der Waals surface area contributed by atoms with Crippen LogP contribution in [0.3, 0.4) is 0 Å². The first-order valence-electron chi connectivity index (χ1n) is 6.14. The lowest BCUT2D eigenvalue weighted by Crippen LogP contribution is -2.16. The molecule has 2 aromatic rings. The fourth-order valence-electron chi connectivity index (χ4n) is 2.27. The van der Waals surface area contributed by atoms with Gasteiger partial charge in [-0.1, -0.05) is 19.1 Å². The first kappa shape index (κ1) is 12.7. The molecule has 0 fully saturated rings. The molecule has 0 aliphatic carbocycles. The van der Waals surface area contributed by atoms with Crippen LogP contribution in [-0.2, 0) is 6.54 Å². The number of nitrogens with one attached hydrogen (secondary N) is 1. The van der Waals surface area contributed by atoms with Crippen molar-refractivity contribution in [2.24, 2.45) is 0 Å². The lowest BCUT2D eigenvalue weighted by molar-refractivity contribution is 0.572. The maximum absolute atomic E-state index is 3.66. The van der Waals surface area contributed by atoms with E-state index in [1.54, 1.807) is 0 Å². The van der Waals surface area contributed by atoms with Crippen LogP contribution in [0.4, 0.5) is 0 Å². The van der Waals surface area contributed by atoms with E-state index in [9.17, 15) is 0 Å². The number of nitrogens with zero attached hydrogens (tertiary/aromatic N) is 1. The second kappa shape index (κ2) is 5.23. The van der Waals surface area contributed by atoms with E-state index in [0.717, 1.165) is 13.1 Å². The average molecular weight is 295 g/mol. The summed E-state index contributed by atoms with van der Waals surface area (Å²) < 4.78 is 3.58. The molecule has 0 saturated carbocycles. The molecule has 0 radical (unpaired) electrons. The van der Waals surface area contributed by atoms with Crippen molar-refractivity contribution in [3.05, 3.63) is 34.4 Å². The second-order valence-corrected chi connectivity index (χ2v) is 5.41. The van der Waals surface area contributed by atoms with E-state index in [-0.39, 0.29) is 0 Å². The molecule has 0 bridgehead atoms. The van der Waals surface area contributed by atoms with E-state index in [4.69, 9.17) is 0 Å². The normalized spacial score (nSPS) is 11.6. The molecular formula is C14H19BrN2. The zero-order chi connectivity index (χ0) is 12.4. The van der Waals surface area contributed by atoms with Crippen molar-refractivity contribution in [1.29, 1.82) is 0 Å². The van der Waals surface area contributed by atoms with Gasteiger partial charge in [-0.25, -0.2) is 0 Å². The van der Waals surface area contributed by atoms with Gasteiger partial charge in [0.05, 0.1) is 5.52 Å². The van der Waals surface area contributed by atoms with E-state index < -0.39 is 0 Å². The molecule has 0 saturated heterocycles. The number of fused-ring (bicyclic) bond motifs is 1. The van der Waals surface area contributed by atoms with E-state index >= 15 is 0 Å². The van der Waals surface area contributed by atoms with Gasteiger partial charge in [-0.05, 0) is 48.5 Å². The molecular weight excluding hydrogens is 276 g/mol. The minimum absolute atomic E-state index is 0.472. The number of rotatable bonds is 4. The van der Waals surface area contributed by atoms with Gasteiger partial charge in [-0.2, -0.15) is 0 Å². The minimum atomic E-state index is 0.472. The van der Waals surface area contributed by atoms with Crippen molar-refractivity contribution in [3.63, 3.8) is 0 Å². The lowest BCUT2D eigenvalue weighted by Gasteiger charge is -2.15. The summed E-state index contributed by atoms with van der Waals surface area (Å²) in [4.78, 5) is 0. The Morgan fingerprint density at radius 3 is 2.76 bits per heavy atom. The number of hydrogen-bond acceptors (Lipinski definition) is 1. The third-order valence-corrected chi connectivity index (χ3v) is 3.60. The molecule has 2 rings (SSSR count). The van der Waals surface area contributed by atoms with E-state index in [1.165, 1.54) is 21.1 Å². The Bertz CT molecular complexity index is 514. The molecule has 1 aromatic carbocycles. The van der Waals surface area contributed by atoms with Crippen molar-refractivity contribution >= 4 is 26.8 Å². The van der Waals surface area contributed by atoms with Crippen molar-refractivity contribution < 1.29 is 0 Å². The summed E-state index contributed by atoms with van der Waals surface area (Å²) >= 11 is 3.66. The van der Waals surface area contributed by atoms with Gasteiger partial charge in [0.25, 0.3) is 0 Å². The van der Waals surface area contributed by atoms with E-state index in [1.807, 2.05) is 0 Å². The van der Waals surface area contributed by atoms with Gasteiger partial charge >= 0.3 is 0 Å². The van der Waals surface area contributed by atoms with Crippen LogP contribution >= 0.6 is 15.9 Å². The molecule has 1 heterocycles. The Morgan fingerprint density at radius 1 is 1.35 bits per heavy atom. The fourth-order valence-corrected chi connectivity index (χ4v) is 2.85. The summed E-state index contributed by atoms with van der Waals surface area (Å²) in [5, 5.41) is 4.71. The van der Waals surface area contributed by atoms with Crippen LogP contribution < -0.4 is 5.32 Å². The van der Waals surface area contributed by atoms with Crippen LogP contribution in [0.25, 0.3) is 10.9 Å². The van der Waals surface area contributed by atoms with Crippen molar-refractivity contribution in [2.75, 3.05) is 6.54 Å². The van der Waals surface area contributed by atoms with Crippen LogP contribution in [0.2, 0.25) is 0 Å². The van der Waals surface area contributed by atoms with Gasteiger partial charge in [0, 0.05) is 28.1 Å². The van der Waals surface area contributed by atoms with Crippen LogP contribution in [0, 0.1) is 0 Å². The summed E-state index contributed by atoms with van der Waals surface area (Å²) in [5.41, 5.74) is 2.65. The summed E-state index contributed by atoms with van der Waals surface area (Å²) in [5.74, 6) is 0. The predicted molar refractivity (Wildman–Crippen MR) is 77.4 cm³/mol. The van der Waals surface area contributed by atoms with Gasteiger partial charge in [0.1, 0.15) is 0 Å². The summed E-state index contributed by atoms with van der Waals surface area (Å²) in [6, 6.07) is 9.13. The third kappa shape index (κ3) is 2.40. The molecule has 1 aromatic heterocycles. The van der Waals surface area contributed by atoms with Crippen LogP contribution in [0.5, 0.6) is 0 Å². The Balaban J connectivity index is 2.59. The minimum Gasteiger partial charge on any atom is -0.340 e. The van der Waals surface area contributed by atoms with Crippen molar-refractivity contribution in [1.82, 2.24) is 9.88 Å². The van der Waals surface area contributed by atoms with Crippen LogP contribution in [-0.4, -0.2) is 11.1 Å². The standard InChI is InChI=1S/C14H19BrN2/c1-4-16-9-12-8-11-6-5-7-13(15)14(11)17(12)10(2)3/h5-8,10,16H,4,9H2,1-3H3. The summed E-state index contributed by atoms with van der Waals surface area (Å²) in [6.07, 6.45) is 0. The average Bonchev–Trinajstić information content (AvgIpc) is 2.66. The SMILES string of the molecule is CCNCc1cc2cccc(Br)c2n1C(C)C. The Labute approximate surface area is 111 Å². The Kier molecular flexibility index (Phi) is 3.89. The Hall–Kier alpha value is -0.800.